The zero-order chi connectivity index (χ0) is 36.6. The number of aromatic nitrogens is 3. The fourth-order valence-corrected chi connectivity index (χ4v) is 8.72. The molecular weight excluding hydrogens is 671 g/mol. The van der Waals surface area contributed by atoms with E-state index in [0.717, 1.165) is 61.0 Å². The Labute approximate surface area is 316 Å². The van der Waals surface area contributed by atoms with Crippen LogP contribution in [0.2, 0.25) is 0 Å². The van der Waals surface area contributed by atoms with Crippen LogP contribution in [0, 0.1) is 13.1 Å². The molecule has 0 N–H and O–H groups in total. The lowest BCUT2D eigenvalue weighted by molar-refractivity contribution is 1.15. The van der Waals surface area contributed by atoms with E-state index < -0.39 is 0 Å². The summed E-state index contributed by atoms with van der Waals surface area (Å²) in [6.45, 7) is 15.8. The van der Waals surface area contributed by atoms with E-state index in [1.54, 1.807) is 0 Å². The van der Waals surface area contributed by atoms with Gasteiger partial charge < -0.3 is 13.7 Å². The predicted octanol–water partition coefficient (Wildman–Crippen LogP) is 13.7. The third-order valence-electron chi connectivity index (χ3n) is 11.0. The maximum absolute atomic E-state index is 8.19. The molecule has 0 spiro atoms. The van der Waals surface area contributed by atoms with Crippen LogP contribution in [0.4, 0.5) is 11.4 Å². The maximum atomic E-state index is 8.19. The number of nitrogens with zero attached hydrogens (tertiary/aromatic N) is 5. The highest BCUT2D eigenvalue weighted by Gasteiger charge is 2.20. The van der Waals surface area contributed by atoms with E-state index in [1.165, 1.54) is 32.6 Å². The van der Waals surface area contributed by atoms with Gasteiger partial charge in [0.1, 0.15) is 0 Å². The second-order valence-corrected chi connectivity index (χ2v) is 14.0. The van der Waals surface area contributed by atoms with Crippen LogP contribution in [-0.2, 0) is 0 Å². The summed E-state index contributed by atoms with van der Waals surface area (Å²) in [4.78, 5) is 7.70. The van der Waals surface area contributed by atoms with Crippen molar-refractivity contribution < 1.29 is 0 Å². The Kier molecular flexibility index (Phi) is 6.61. The molecule has 0 fully saturated rings. The van der Waals surface area contributed by atoms with Gasteiger partial charge in [-0.3, -0.25) is 0 Å². The number of hydrogen-bond donors (Lipinski definition) is 0. The molecule has 0 aliphatic rings. The molecule has 0 amide bonds. The molecule has 0 atom stereocenters. The lowest BCUT2D eigenvalue weighted by Gasteiger charge is -2.17. The van der Waals surface area contributed by atoms with Gasteiger partial charge in [0.25, 0.3) is 0 Å². The summed E-state index contributed by atoms with van der Waals surface area (Å²) in [7, 11) is 0. The Hall–Kier alpha value is -7.86. The zero-order valence-electron chi connectivity index (χ0n) is 29.5. The number of fused-ring (bicyclic) bond motifs is 9. The van der Waals surface area contributed by atoms with Crippen LogP contribution in [0.15, 0.2) is 176 Å². The molecule has 0 radical (unpaired) electrons. The summed E-state index contributed by atoms with van der Waals surface area (Å²) >= 11 is 0. The summed E-state index contributed by atoms with van der Waals surface area (Å²) in [5.41, 5.74) is 12.7. The third kappa shape index (κ3) is 4.51. The van der Waals surface area contributed by atoms with Crippen molar-refractivity contribution in [2.45, 2.75) is 0 Å². The van der Waals surface area contributed by atoms with Gasteiger partial charge in [0.05, 0.1) is 51.9 Å². The second kappa shape index (κ2) is 11.8. The van der Waals surface area contributed by atoms with E-state index in [0.29, 0.717) is 11.4 Å². The molecular formula is C50H29N5. The van der Waals surface area contributed by atoms with Gasteiger partial charge in [-0.15, -0.1) is 0 Å². The van der Waals surface area contributed by atoms with Crippen LogP contribution >= 0.6 is 0 Å². The molecule has 5 nitrogen and oxygen atoms in total. The van der Waals surface area contributed by atoms with Crippen LogP contribution < -0.4 is 0 Å². The van der Waals surface area contributed by atoms with Crippen molar-refractivity contribution in [2.75, 3.05) is 0 Å². The van der Waals surface area contributed by atoms with Gasteiger partial charge in [-0.2, -0.15) is 0 Å². The molecule has 11 aromatic rings. The van der Waals surface area contributed by atoms with Crippen molar-refractivity contribution in [3.05, 3.63) is 199 Å². The molecule has 11 rings (SSSR count). The summed E-state index contributed by atoms with van der Waals surface area (Å²) in [6, 6.07) is 61.5. The van der Waals surface area contributed by atoms with Crippen molar-refractivity contribution in [1.82, 2.24) is 13.7 Å². The molecule has 0 aliphatic carbocycles. The van der Waals surface area contributed by atoms with Crippen molar-refractivity contribution in [2.24, 2.45) is 0 Å². The minimum absolute atomic E-state index is 0.557. The summed E-state index contributed by atoms with van der Waals surface area (Å²) in [5, 5.41) is 6.91. The Balaban J connectivity index is 1.17. The fraction of sp³-hybridized carbons (Fsp3) is 0. The van der Waals surface area contributed by atoms with E-state index in [2.05, 4.69) is 157 Å². The summed E-state index contributed by atoms with van der Waals surface area (Å²) in [6.07, 6.45) is 0. The minimum atomic E-state index is 0.557. The lowest BCUT2D eigenvalue weighted by Crippen LogP contribution is -1.99. The van der Waals surface area contributed by atoms with Crippen molar-refractivity contribution >= 4 is 76.8 Å². The molecule has 3 heterocycles. The lowest BCUT2D eigenvalue weighted by atomic mass is 10.0. The molecule has 0 bridgehead atoms. The predicted molar refractivity (Wildman–Crippen MR) is 227 cm³/mol. The monoisotopic (exact) mass is 699 g/mol. The number of para-hydroxylation sites is 5. The third-order valence-corrected chi connectivity index (χ3v) is 11.0. The fourth-order valence-electron chi connectivity index (χ4n) is 8.72. The maximum Gasteiger partial charge on any atom is 0.189 e. The Morgan fingerprint density at radius 3 is 1.47 bits per heavy atom. The molecule has 0 saturated carbocycles. The molecule has 254 valence electrons. The van der Waals surface area contributed by atoms with Crippen molar-refractivity contribution in [3.63, 3.8) is 0 Å². The molecule has 0 unspecified atom stereocenters. The first-order valence-electron chi connectivity index (χ1n) is 18.3. The first-order chi connectivity index (χ1) is 27.2. The Bertz CT molecular complexity index is 3420. The minimum Gasteiger partial charge on any atom is -0.311 e. The molecule has 0 aliphatic heterocycles. The SMILES string of the molecule is [C-]#[N+]c1cc(-c2ccccc2-n2c3ccccc3c3ccc(-n4c5ccccc5c5ccccc54)cc32)cc(-n2c3ccccc3c3cc([N+]#[C-])ccc32)c1. The van der Waals surface area contributed by atoms with Crippen LogP contribution in [-0.4, -0.2) is 13.7 Å². The molecule has 0 saturated heterocycles. The summed E-state index contributed by atoms with van der Waals surface area (Å²) in [5.74, 6) is 0. The Morgan fingerprint density at radius 2 is 0.836 bits per heavy atom. The van der Waals surface area contributed by atoms with Gasteiger partial charge in [-0.05, 0) is 83.7 Å². The number of rotatable bonds is 4. The van der Waals surface area contributed by atoms with Crippen LogP contribution in [0.1, 0.15) is 0 Å². The first kappa shape index (κ1) is 30.7. The summed E-state index contributed by atoms with van der Waals surface area (Å²) < 4.78 is 6.97. The van der Waals surface area contributed by atoms with Crippen LogP contribution in [0.3, 0.4) is 0 Å². The molecule has 5 heteroatoms. The average Bonchev–Trinajstić information content (AvgIpc) is 3.88. The molecule has 55 heavy (non-hydrogen) atoms. The van der Waals surface area contributed by atoms with E-state index >= 15 is 0 Å². The van der Waals surface area contributed by atoms with Gasteiger partial charge in [0.2, 0.25) is 0 Å². The number of benzene rings is 8. The van der Waals surface area contributed by atoms with Gasteiger partial charge in [-0.1, -0.05) is 103 Å². The van der Waals surface area contributed by atoms with Crippen molar-refractivity contribution in [1.29, 1.82) is 0 Å². The zero-order valence-corrected chi connectivity index (χ0v) is 29.5. The highest BCUT2D eigenvalue weighted by Crippen LogP contribution is 2.41. The molecule has 3 aromatic heterocycles. The molecule has 8 aromatic carbocycles. The average molecular weight is 700 g/mol. The second-order valence-electron chi connectivity index (χ2n) is 14.0. The Morgan fingerprint density at radius 1 is 0.327 bits per heavy atom. The number of hydrogen-bond acceptors (Lipinski definition) is 0. The normalized spacial score (nSPS) is 11.6. The van der Waals surface area contributed by atoms with Gasteiger partial charge in [0, 0.05) is 43.9 Å². The highest BCUT2D eigenvalue weighted by atomic mass is 15.0. The van der Waals surface area contributed by atoms with E-state index in [-0.39, 0.29) is 0 Å². The van der Waals surface area contributed by atoms with Crippen LogP contribution in [0.25, 0.3) is 103 Å². The van der Waals surface area contributed by atoms with Gasteiger partial charge >= 0.3 is 0 Å². The quantitative estimate of drug-likeness (QED) is 0.163. The van der Waals surface area contributed by atoms with E-state index in [1.807, 2.05) is 42.5 Å². The largest absolute Gasteiger partial charge is 0.311 e. The first-order valence-corrected chi connectivity index (χ1v) is 18.3. The highest BCUT2D eigenvalue weighted by molar-refractivity contribution is 6.13. The van der Waals surface area contributed by atoms with Crippen molar-refractivity contribution in [3.8, 4) is 28.2 Å². The topological polar surface area (TPSA) is 23.5 Å². The van der Waals surface area contributed by atoms with Gasteiger partial charge in [-0.25, -0.2) is 9.69 Å². The standard InChI is InChI=1S/C50H29N5/c1-51-33-23-26-49-43(30-33)41-17-7-11-21-47(41)54(49)36-28-32(27-34(29-36)52-2)37-13-3-8-18-44(37)55-48-22-12-6-16-40(48)42-25-24-35(31-50(42)55)53-45-19-9-4-14-38(45)39-15-5-10-20-46(39)53/h3-31H. The van der Waals surface area contributed by atoms with E-state index in [9.17, 15) is 0 Å². The smallest absolute Gasteiger partial charge is 0.189 e. The van der Waals surface area contributed by atoms with Gasteiger partial charge in [0.15, 0.2) is 11.4 Å². The van der Waals surface area contributed by atoms with Crippen LogP contribution in [0.5, 0.6) is 0 Å². The van der Waals surface area contributed by atoms with E-state index in [4.69, 9.17) is 13.1 Å².